The first kappa shape index (κ1) is 9.38. The molecule has 0 bridgehead atoms. The first-order valence-corrected chi connectivity index (χ1v) is 4.62. The molecule has 2 rings (SSSR count). The molecule has 1 heterocycles. The van der Waals surface area contributed by atoms with Gasteiger partial charge in [-0.1, -0.05) is 0 Å². The summed E-state index contributed by atoms with van der Waals surface area (Å²) in [7, 11) is 0. The molecule has 7 nitrogen and oxygen atoms in total. The van der Waals surface area contributed by atoms with Crippen molar-refractivity contribution in [3.8, 4) is 0 Å². The third-order valence-electron chi connectivity index (χ3n) is 1.70. The highest BCUT2D eigenvalue weighted by molar-refractivity contribution is 7.21. The molecule has 74 valence electrons. The molecular formula is C7H3N5O2S. The van der Waals surface area contributed by atoms with Crippen molar-refractivity contribution in [3.05, 3.63) is 38.8 Å². The molecule has 0 N–H and O–H groups in total. The molecule has 0 radical (unpaired) electrons. The molecule has 8 heteroatoms. The number of benzene rings is 1. The fourth-order valence-electron chi connectivity index (χ4n) is 1.10. The van der Waals surface area contributed by atoms with Crippen LogP contribution in [0.15, 0.2) is 23.3 Å². The number of fused-ring (bicyclic) bond motifs is 1. The van der Waals surface area contributed by atoms with Crippen LogP contribution in [0.2, 0.25) is 0 Å². The van der Waals surface area contributed by atoms with Crippen LogP contribution in [0.4, 0.5) is 10.8 Å². The van der Waals surface area contributed by atoms with E-state index in [1.807, 2.05) is 0 Å². The van der Waals surface area contributed by atoms with Gasteiger partial charge in [0.15, 0.2) is 5.13 Å². The highest BCUT2D eigenvalue weighted by Crippen LogP contribution is 2.30. The maximum Gasteiger partial charge on any atom is 0.270 e. The Morgan fingerprint density at radius 1 is 1.60 bits per heavy atom. The number of hydrogen-bond donors (Lipinski definition) is 0. The Morgan fingerprint density at radius 3 is 3.07 bits per heavy atom. The Morgan fingerprint density at radius 2 is 2.40 bits per heavy atom. The summed E-state index contributed by atoms with van der Waals surface area (Å²) in [4.78, 5) is 16.6. The van der Waals surface area contributed by atoms with Crippen LogP contribution in [0, 0.1) is 10.1 Å². The number of hydrogen-bond acceptors (Lipinski definition) is 5. The summed E-state index contributed by atoms with van der Waals surface area (Å²) in [5.41, 5.74) is 8.79. The molecule has 0 spiro atoms. The minimum Gasteiger partial charge on any atom is -0.258 e. The zero-order chi connectivity index (χ0) is 10.8. The van der Waals surface area contributed by atoms with Gasteiger partial charge in [0.1, 0.15) is 0 Å². The molecular weight excluding hydrogens is 218 g/mol. The second-order valence-electron chi connectivity index (χ2n) is 2.60. The van der Waals surface area contributed by atoms with Gasteiger partial charge in [-0.3, -0.25) is 10.1 Å². The number of nitro groups is 1. The molecule has 1 aromatic carbocycles. The number of aromatic nitrogens is 1. The van der Waals surface area contributed by atoms with Gasteiger partial charge in [-0.15, -0.1) is 11.3 Å². The van der Waals surface area contributed by atoms with E-state index in [4.69, 9.17) is 5.53 Å². The van der Waals surface area contributed by atoms with Crippen molar-refractivity contribution >= 4 is 32.4 Å². The Labute approximate surface area is 86.8 Å². The lowest BCUT2D eigenvalue weighted by molar-refractivity contribution is -0.384. The van der Waals surface area contributed by atoms with Gasteiger partial charge in [0.25, 0.3) is 5.69 Å². The average molecular weight is 221 g/mol. The quantitative estimate of drug-likeness (QED) is 0.255. The number of rotatable bonds is 2. The third-order valence-corrected chi connectivity index (χ3v) is 2.60. The molecule has 0 unspecified atom stereocenters. The van der Waals surface area contributed by atoms with Crippen molar-refractivity contribution in [2.75, 3.05) is 0 Å². The monoisotopic (exact) mass is 221 g/mol. The predicted molar refractivity (Wildman–Crippen MR) is 55.1 cm³/mol. The minimum atomic E-state index is -0.480. The number of thiazole rings is 1. The second-order valence-corrected chi connectivity index (χ2v) is 3.60. The minimum absolute atomic E-state index is 0.00126. The summed E-state index contributed by atoms with van der Waals surface area (Å²) in [6.07, 6.45) is 0. The fourth-order valence-corrected chi connectivity index (χ4v) is 1.91. The summed E-state index contributed by atoms with van der Waals surface area (Å²) in [6, 6.07) is 4.30. The second kappa shape index (κ2) is 3.52. The zero-order valence-electron chi connectivity index (χ0n) is 7.19. The van der Waals surface area contributed by atoms with Gasteiger partial charge in [-0.2, -0.15) is 0 Å². The van der Waals surface area contributed by atoms with Crippen molar-refractivity contribution in [2.24, 2.45) is 5.11 Å². The van der Waals surface area contributed by atoms with Crippen molar-refractivity contribution < 1.29 is 4.92 Å². The van der Waals surface area contributed by atoms with E-state index >= 15 is 0 Å². The molecule has 0 aliphatic rings. The number of nitro benzene ring substituents is 1. The normalized spacial score (nSPS) is 9.87. The molecule has 0 fully saturated rings. The van der Waals surface area contributed by atoms with Gasteiger partial charge in [0.2, 0.25) is 0 Å². The van der Waals surface area contributed by atoms with Crippen molar-refractivity contribution in [1.29, 1.82) is 0 Å². The fraction of sp³-hybridized carbons (Fsp3) is 0. The van der Waals surface area contributed by atoms with E-state index in [1.54, 1.807) is 0 Å². The molecule has 15 heavy (non-hydrogen) atoms. The summed E-state index contributed by atoms with van der Waals surface area (Å²) < 4.78 is 0.631. The smallest absolute Gasteiger partial charge is 0.258 e. The van der Waals surface area contributed by atoms with Crippen LogP contribution >= 0.6 is 11.3 Å². The average Bonchev–Trinajstić information content (AvgIpc) is 2.59. The largest absolute Gasteiger partial charge is 0.270 e. The van der Waals surface area contributed by atoms with E-state index in [0.717, 1.165) is 11.3 Å². The Hall–Kier alpha value is -2.18. The summed E-state index contributed by atoms with van der Waals surface area (Å²) in [6.45, 7) is 0. The standard InChI is InChI=1S/C7H3N5O2S/c8-11-10-7-9-5-2-1-4(12(13)14)3-6(5)15-7/h1-3H. The van der Waals surface area contributed by atoms with Crippen LogP contribution < -0.4 is 0 Å². The molecule has 1 aromatic heterocycles. The summed E-state index contributed by atoms with van der Waals surface area (Å²) >= 11 is 1.12. The van der Waals surface area contributed by atoms with Gasteiger partial charge < -0.3 is 0 Å². The maximum atomic E-state index is 10.5. The highest BCUT2D eigenvalue weighted by Gasteiger charge is 2.09. The molecule has 0 saturated carbocycles. The molecule has 0 aliphatic carbocycles. The van der Waals surface area contributed by atoms with Crippen LogP contribution in [0.1, 0.15) is 0 Å². The Kier molecular flexibility index (Phi) is 2.20. The maximum absolute atomic E-state index is 10.5. The van der Waals surface area contributed by atoms with E-state index in [1.165, 1.54) is 18.2 Å². The lowest BCUT2D eigenvalue weighted by Crippen LogP contribution is -1.85. The van der Waals surface area contributed by atoms with Gasteiger partial charge >= 0.3 is 0 Å². The van der Waals surface area contributed by atoms with Crippen LogP contribution in [-0.2, 0) is 0 Å². The van der Waals surface area contributed by atoms with Crippen LogP contribution in [0.5, 0.6) is 0 Å². The molecule has 2 aromatic rings. The van der Waals surface area contributed by atoms with E-state index in [2.05, 4.69) is 15.0 Å². The molecule has 0 aliphatic heterocycles. The summed E-state index contributed by atoms with van der Waals surface area (Å²) in [5.74, 6) is 0. The highest BCUT2D eigenvalue weighted by atomic mass is 32.1. The van der Waals surface area contributed by atoms with Crippen molar-refractivity contribution in [3.63, 3.8) is 0 Å². The van der Waals surface area contributed by atoms with E-state index in [0.29, 0.717) is 10.2 Å². The lowest BCUT2D eigenvalue weighted by atomic mass is 10.3. The Bertz CT molecular complexity index is 586. The van der Waals surface area contributed by atoms with E-state index in [9.17, 15) is 10.1 Å². The third kappa shape index (κ3) is 1.71. The SMILES string of the molecule is [N-]=[N+]=Nc1nc2ccc([N+](=O)[O-])cc2s1. The van der Waals surface area contributed by atoms with Gasteiger partial charge in [-0.25, -0.2) is 4.98 Å². The number of nitrogens with zero attached hydrogens (tertiary/aromatic N) is 5. The van der Waals surface area contributed by atoms with Crippen LogP contribution in [0.3, 0.4) is 0 Å². The van der Waals surface area contributed by atoms with E-state index in [-0.39, 0.29) is 10.8 Å². The van der Waals surface area contributed by atoms with Gasteiger partial charge in [-0.05, 0) is 16.7 Å². The Balaban J connectivity index is 2.61. The van der Waals surface area contributed by atoms with Crippen molar-refractivity contribution in [1.82, 2.24) is 4.98 Å². The zero-order valence-corrected chi connectivity index (χ0v) is 8.01. The van der Waals surface area contributed by atoms with Crippen LogP contribution in [-0.4, -0.2) is 9.91 Å². The molecule has 0 saturated heterocycles. The van der Waals surface area contributed by atoms with Gasteiger partial charge in [0, 0.05) is 17.0 Å². The number of azide groups is 1. The predicted octanol–water partition coefficient (Wildman–Crippen LogP) is 3.15. The first-order valence-electron chi connectivity index (χ1n) is 3.81. The van der Waals surface area contributed by atoms with E-state index < -0.39 is 4.92 Å². The molecule has 0 amide bonds. The van der Waals surface area contributed by atoms with Crippen molar-refractivity contribution in [2.45, 2.75) is 0 Å². The molecule has 0 atom stereocenters. The van der Waals surface area contributed by atoms with Gasteiger partial charge in [0.05, 0.1) is 15.1 Å². The summed E-state index contributed by atoms with van der Waals surface area (Å²) in [5, 5.41) is 14.1. The number of non-ortho nitro benzene ring substituents is 1. The lowest BCUT2D eigenvalue weighted by Gasteiger charge is -1.88. The van der Waals surface area contributed by atoms with Crippen LogP contribution in [0.25, 0.3) is 20.7 Å². The topological polar surface area (TPSA) is 105 Å². The first-order chi connectivity index (χ1) is 7.20.